The van der Waals surface area contributed by atoms with E-state index >= 15 is 0 Å². The first kappa shape index (κ1) is 16.4. The molecule has 0 unspecified atom stereocenters. The zero-order chi connectivity index (χ0) is 16.1. The van der Waals surface area contributed by atoms with E-state index in [2.05, 4.69) is 15.2 Å². The molecule has 0 saturated carbocycles. The number of nitrogens with one attached hydrogen (secondary N) is 1. The molecule has 1 N–H and O–H groups in total. The lowest BCUT2D eigenvalue weighted by atomic mass is 10.1. The van der Waals surface area contributed by atoms with E-state index in [1.807, 2.05) is 30.3 Å². The third-order valence-electron chi connectivity index (χ3n) is 4.60. The van der Waals surface area contributed by atoms with Crippen LogP contribution in [0.2, 0.25) is 0 Å². The highest BCUT2D eigenvalue weighted by Gasteiger charge is 2.35. The Morgan fingerprint density at radius 2 is 2.26 bits per heavy atom. The molecule has 0 bridgehead atoms. The topological polar surface area (TPSA) is 57.7 Å². The minimum atomic E-state index is 0.0658. The van der Waals surface area contributed by atoms with E-state index in [9.17, 15) is 4.79 Å². The van der Waals surface area contributed by atoms with Crippen molar-refractivity contribution in [2.75, 3.05) is 39.9 Å². The van der Waals surface area contributed by atoms with Gasteiger partial charge < -0.3 is 10.1 Å². The molecule has 3 heterocycles. The normalized spacial score (nSPS) is 25.1. The molecule has 23 heavy (non-hydrogen) atoms. The monoisotopic (exact) mass is 318 g/mol. The van der Waals surface area contributed by atoms with Gasteiger partial charge in [-0.1, -0.05) is 6.07 Å². The van der Waals surface area contributed by atoms with Gasteiger partial charge in [-0.2, -0.15) is 0 Å². The maximum atomic E-state index is 12.3. The van der Waals surface area contributed by atoms with Crippen molar-refractivity contribution < 1.29 is 9.53 Å². The second kappa shape index (κ2) is 7.86. The molecule has 6 heteroatoms. The number of ether oxygens (including phenoxy) is 1. The highest BCUT2D eigenvalue weighted by Crippen LogP contribution is 2.19. The van der Waals surface area contributed by atoms with Gasteiger partial charge in [0.15, 0.2) is 0 Å². The summed E-state index contributed by atoms with van der Waals surface area (Å²) < 4.78 is 5.61. The van der Waals surface area contributed by atoms with E-state index in [1.54, 1.807) is 6.20 Å². The number of hydrogen-bond acceptors (Lipinski definition) is 5. The van der Waals surface area contributed by atoms with Crippen molar-refractivity contribution in [3.63, 3.8) is 0 Å². The molecule has 6 nitrogen and oxygen atoms in total. The standard InChI is InChI=1S/C17H26N4O2/c1-20(10-14-5-4-6-18-9-14)11-17(22)19-15-12-23-13-16(15)21-7-2-3-8-21/h4-6,9,15-16H,2-3,7-8,10-13H2,1H3,(H,19,22)/t15-,16-/m0/s1. The van der Waals surface area contributed by atoms with Gasteiger partial charge >= 0.3 is 0 Å². The number of carbonyl (C=O) groups excluding carboxylic acids is 1. The summed E-state index contributed by atoms with van der Waals surface area (Å²) in [5.74, 6) is 0.0658. The summed E-state index contributed by atoms with van der Waals surface area (Å²) in [6, 6.07) is 4.40. The second-order valence-electron chi connectivity index (χ2n) is 6.56. The molecule has 1 aromatic rings. The van der Waals surface area contributed by atoms with Crippen molar-refractivity contribution in [3.05, 3.63) is 30.1 Å². The van der Waals surface area contributed by atoms with Gasteiger partial charge in [-0.05, 0) is 44.6 Å². The SMILES string of the molecule is CN(CC(=O)N[C@H]1COC[C@@H]1N1CCCC1)Cc1cccnc1. The van der Waals surface area contributed by atoms with Crippen LogP contribution in [-0.4, -0.2) is 72.7 Å². The molecule has 2 atom stereocenters. The van der Waals surface area contributed by atoms with Crippen LogP contribution in [0.15, 0.2) is 24.5 Å². The summed E-state index contributed by atoms with van der Waals surface area (Å²) >= 11 is 0. The number of aromatic nitrogens is 1. The molecule has 1 amide bonds. The quantitative estimate of drug-likeness (QED) is 0.827. The minimum absolute atomic E-state index is 0.0658. The Balaban J connectivity index is 1.46. The van der Waals surface area contributed by atoms with Crippen molar-refractivity contribution in [1.29, 1.82) is 0 Å². The lowest BCUT2D eigenvalue weighted by Gasteiger charge is -2.28. The molecular formula is C17H26N4O2. The molecule has 2 aliphatic rings. The smallest absolute Gasteiger partial charge is 0.234 e. The van der Waals surface area contributed by atoms with Gasteiger partial charge in [0.25, 0.3) is 0 Å². The third kappa shape index (κ3) is 4.50. The first-order chi connectivity index (χ1) is 11.2. The Hall–Kier alpha value is -1.50. The fraction of sp³-hybridized carbons (Fsp3) is 0.647. The molecule has 2 saturated heterocycles. The van der Waals surface area contributed by atoms with E-state index in [-0.39, 0.29) is 11.9 Å². The van der Waals surface area contributed by atoms with Crippen LogP contribution in [0.1, 0.15) is 18.4 Å². The van der Waals surface area contributed by atoms with Crippen LogP contribution in [0, 0.1) is 0 Å². The molecule has 2 aliphatic heterocycles. The maximum absolute atomic E-state index is 12.3. The average molecular weight is 318 g/mol. The molecule has 0 radical (unpaired) electrons. The van der Waals surface area contributed by atoms with Crippen molar-refractivity contribution in [3.8, 4) is 0 Å². The zero-order valence-electron chi connectivity index (χ0n) is 13.8. The summed E-state index contributed by atoms with van der Waals surface area (Å²) in [5, 5.41) is 3.16. The van der Waals surface area contributed by atoms with E-state index in [4.69, 9.17) is 4.74 Å². The minimum Gasteiger partial charge on any atom is -0.378 e. The van der Waals surface area contributed by atoms with Crippen molar-refractivity contribution >= 4 is 5.91 Å². The van der Waals surface area contributed by atoms with Crippen LogP contribution in [-0.2, 0) is 16.1 Å². The summed E-state index contributed by atoms with van der Waals surface area (Å²) in [7, 11) is 1.95. The number of rotatable bonds is 6. The lowest BCUT2D eigenvalue weighted by Crippen LogP contribution is -2.51. The van der Waals surface area contributed by atoms with Crippen LogP contribution >= 0.6 is 0 Å². The first-order valence-electron chi connectivity index (χ1n) is 8.41. The number of nitrogens with zero attached hydrogens (tertiary/aromatic N) is 3. The Bertz CT molecular complexity index is 505. The van der Waals surface area contributed by atoms with Crippen molar-refractivity contribution in [2.45, 2.75) is 31.5 Å². The molecule has 1 aromatic heterocycles. The molecule has 3 rings (SSSR count). The third-order valence-corrected chi connectivity index (χ3v) is 4.60. The Kier molecular flexibility index (Phi) is 5.59. The van der Waals surface area contributed by atoms with Gasteiger partial charge in [-0.3, -0.25) is 19.6 Å². The fourth-order valence-corrected chi connectivity index (χ4v) is 3.47. The predicted molar refractivity (Wildman–Crippen MR) is 87.9 cm³/mol. The van der Waals surface area contributed by atoms with Crippen LogP contribution in [0.25, 0.3) is 0 Å². The molecule has 0 aliphatic carbocycles. The molecule has 126 valence electrons. The van der Waals surface area contributed by atoms with Gasteiger partial charge in [-0.15, -0.1) is 0 Å². The van der Waals surface area contributed by atoms with E-state index in [1.165, 1.54) is 12.8 Å². The molecule has 0 aromatic carbocycles. The lowest BCUT2D eigenvalue weighted by molar-refractivity contribution is -0.123. The predicted octanol–water partition coefficient (Wildman–Crippen LogP) is 0.493. The van der Waals surface area contributed by atoms with E-state index in [0.717, 1.165) is 31.8 Å². The van der Waals surface area contributed by atoms with Crippen LogP contribution in [0.4, 0.5) is 0 Å². The Morgan fingerprint density at radius 3 is 3.00 bits per heavy atom. The number of likely N-dealkylation sites (N-methyl/N-ethyl adjacent to an activating group) is 1. The average Bonchev–Trinajstić information content (AvgIpc) is 3.18. The summed E-state index contributed by atoms with van der Waals surface area (Å²) in [6.07, 6.45) is 6.10. The van der Waals surface area contributed by atoms with Crippen molar-refractivity contribution in [2.24, 2.45) is 0 Å². The maximum Gasteiger partial charge on any atom is 0.234 e. The molecule has 2 fully saturated rings. The summed E-state index contributed by atoms with van der Waals surface area (Å²) in [6.45, 7) is 4.72. The molecular weight excluding hydrogens is 292 g/mol. The van der Waals surface area contributed by atoms with Crippen LogP contribution in [0.3, 0.4) is 0 Å². The summed E-state index contributed by atoms with van der Waals surface area (Å²) in [4.78, 5) is 20.9. The van der Waals surface area contributed by atoms with Gasteiger partial charge in [0.2, 0.25) is 5.91 Å². The van der Waals surface area contributed by atoms with E-state index < -0.39 is 0 Å². The van der Waals surface area contributed by atoms with Gasteiger partial charge in [0.1, 0.15) is 0 Å². The number of pyridine rings is 1. The first-order valence-corrected chi connectivity index (χ1v) is 8.41. The van der Waals surface area contributed by atoms with Gasteiger partial charge in [-0.25, -0.2) is 0 Å². The van der Waals surface area contributed by atoms with E-state index in [0.29, 0.717) is 19.2 Å². The fourth-order valence-electron chi connectivity index (χ4n) is 3.47. The highest BCUT2D eigenvalue weighted by atomic mass is 16.5. The van der Waals surface area contributed by atoms with Crippen LogP contribution in [0.5, 0.6) is 0 Å². The van der Waals surface area contributed by atoms with Gasteiger partial charge in [0.05, 0.1) is 31.8 Å². The van der Waals surface area contributed by atoms with Crippen LogP contribution < -0.4 is 5.32 Å². The molecule has 0 spiro atoms. The number of carbonyl (C=O) groups is 1. The highest BCUT2D eigenvalue weighted by molar-refractivity contribution is 5.78. The zero-order valence-corrected chi connectivity index (χ0v) is 13.8. The van der Waals surface area contributed by atoms with Gasteiger partial charge in [0, 0.05) is 18.9 Å². The number of amides is 1. The van der Waals surface area contributed by atoms with Crippen molar-refractivity contribution in [1.82, 2.24) is 20.1 Å². The Labute approximate surface area is 137 Å². The second-order valence-corrected chi connectivity index (χ2v) is 6.56. The largest absolute Gasteiger partial charge is 0.378 e. The number of likely N-dealkylation sites (tertiary alicyclic amines) is 1. The number of hydrogen-bond donors (Lipinski definition) is 1. The summed E-state index contributed by atoms with van der Waals surface area (Å²) in [5.41, 5.74) is 1.11. The Morgan fingerprint density at radius 1 is 1.43 bits per heavy atom.